The fourth-order valence-electron chi connectivity index (χ4n) is 1.77. The summed E-state index contributed by atoms with van der Waals surface area (Å²) in [5.74, 6) is -1.49. The topological polar surface area (TPSA) is 69.6 Å². The number of carbonyl (C=O) groups is 2. The maximum Gasteiger partial charge on any atom is 0.312 e. The Morgan fingerprint density at radius 2 is 2.00 bits per heavy atom. The van der Waals surface area contributed by atoms with Crippen molar-refractivity contribution in [2.45, 2.75) is 32.2 Å². The first-order valence-electron chi connectivity index (χ1n) is 5.32. The molecular formula is C10H18N2O3. The highest BCUT2D eigenvalue weighted by molar-refractivity contribution is 5.93. The largest absolute Gasteiger partial charge is 0.481 e. The highest BCUT2D eigenvalue weighted by Crippen LogP contribution is 2.10. The van der Waals surface area contributed by atoms with E-state index in [1.807, 2.05) is 6.92 Å². The van der Waals surface area contributed by atoms with Crippen molar-refractivity contribution in [2.24, 2.45) is 0 Å². The highest BCUT2D eigenvalue weighted by atomic mass is 16.4. The van der Waals surface area contributed by atoms with Gasteiger partial charge in [0.05, 0.1) is 0 Å². The zero-order chi connectivity index (χ0) is 11.3. The standard InChI is InChI=1S/C10H18N2O3/c1-8(12-4-2-3-5-12)7-11-9(13)6-10(14)15/h8H,2-7H2,1H3,(H,11,13)(H,14,15). The number of carbonyl (C=O) groups excluding carboxylic acids is 1. The van der Waals surface area contributed by atoms with Crippen LogP contribution in [0.3, 0.4) is 0 Å². The van der Waals surface area contributed by atoms with Gasteiger partial charge in [-0.1, -0.05) is 0 Å². The number of carboxylic acids is 1. The molecule has 86 valence electrons. The molecular weight excluding hydrogens is 196 g/mol. The van der Waals surface area contributed by atoms with E-state index in [0.29, 0.717) is 12.6 Å². The molecule has 1 saturated heterocycles. The molecule has 1 heterocycles. The number of likely N-dealkylation sites (tertiary alicyclic amines) is 1. The summed E-state index contributed by atoms with van der Waals surface area (Å²) in [7, 11) is 0. The summed E-state index contributed by atoms with van der Waals surface area (Å²) < 4.78 is 0. The molecule has 1 aliphatic rings. The van der Waals surface area contributed by atoms with Crippen LogP contribution >= 0.6 is 0 Å². The van der Waals surface area contributed by atoms with Crippen LogP contribution in [0.1, 0.15) is 26.2 Å². The molecule has 0 aromatic heterocycles. The fourth-order valence-corrected chi connectivity index (χ4v) is 1.77. The molecule has 0 aliphatic carbocycles. The lowest BCUT2D eigenvalue weighted by molar-refractivity contribution is -0.140. The number of rotatable bonds is 5. The lowest BCUT2D eigenvalue weighted by atomic mass is 10.3. The molecule has 0 spiro atoms. The zero-order valence-corrected chi connectivity index (χ0v) is 9.03. The predicted molar refractivity (Wildman–Crippen MR) is 55.5 cm³/mol. The van der Waals surface area contributed by atoms with Crippen LogP contribution in [0.15, 0.2) is 0 Å². The third-order valence-corrected chi connectivity index (χ3v) is 2.67. The molecule has 1 amide bonds. The minimum Gasteiger partial charge on any atom is -0.481 e. The molecule has 5 heteroatoms. The van der Waals surface area contributed by atoms with Crippen LogP contribution in [0, 0.1) is 0 Å². The fraction of sp³-hybridized carbons (Fsp3) is 0.800. The van der Waals surface area contributed by atoms with E-state index in [1.165, 1.54) is 12.8 Å². The Morgan fingerprint density at radius 1 is 1.40 bits per heavy atom. The molecule has 1 unspecified atom stereocenters. The second kappa shape index (κ2) is 5.70. The number of hydrogen-bond donors (Lipinski definition) is 2. The van der Waals surface area contributed by atoms with Crippen molar-refractivity contribution >= 4 is 11.9 Å². The summed E-state index contributed by atoms with van der Waals surface area (Å²) in [6.07, 6.45) is 1.99. The van der Waals surface area contributed by atoms with E-state index in [1.54, 1.807) is 0 Å². The van der Waals surface area contributed by atoms with Gasteiger partial charge < -0.3 is 10.4 Å². The van der Waals surface area contributed by atoms with Crippen LogP contribution in [0.25, 0.3) is 0 Å². The second-order valence-corrected chi connectivity index (χ2v) is 3.97. The van der Waals surface area contributed by atoms with E-state index in [4.69, 9.17) is 5.11 Å². The summed E-state index contributed by atoms with van der Waals surface area (Å²) >= 11 is 0. The van der Waals surface area contributed by atoms with Crippen molar-refractivity contribution in [3.63, 3.8) is 0 Å². The average molecular weight is 214 g/mol. The summed E-state index contributed by atoms with van der Waals surface area (Å²) in [5, 5.41) is 11.0. The smallest absolute Gasteiger partial charge is 0.312 e. The van der Waals surface area contributed by atoms with Gasteiger partial charge in [0.15, 0.2) is 0 Å². The molecule has 1 aliphatic heterocycles. The summed E-state index contributed by atoms with van der Waals surface area (Å²) in [5.41, 5.74) is 0. The Morgan fingerprint density at radius 3 is 2.53 bits per heavy atom. The molecule has 0 aromatic rings. The maximum absolute atomic E-state index is 11.1. The van der Waals surface area contributed by atoms with Crippen LogP contribution in [0.5, 0.6) is 0 Å². The number of hydrogen-bond acceptors (Lipinski definition) is 3. The molecule has 1 rings (SSSR count). The number of amides is 1. The number of aliphatic carboxylic acids is 1. The van der Waals surface area contributed by atoms with Crippen molar-refractivity contribution in [3.05, 3.63) is 0 Å². The minimum absolute atomic E-state index is 0.297. The first-order chi connectivity index (χ1) is 7.09. The van der Waals surface area contributed by atoms with Gasteiger partial charge in [0, 0.05) is 12.6 Å². The summed E-state index contributed by atoms with van der Waals surface area (Å²) in [6, 6.07) is 0.297. The van der Waals surface area contributed by atoms with Crippen molar-refractivity contribution in [2.75, 3.05) is 19.6 Å². The molecule has 0 saturated carbocycles. The van der Waals surface area contributed by atoms with Crippen LogP contribution in [0.4, 0.5) is 0 Å². The molecule has 0 radical (unpaired) electrons. The van der Waals surface area contributed by atoms with Crippen LogP contribution in [0.2, 0.25) is 0 Å². The highest BCUT2D eigenvalue weighted by Gasteiger charge is 2.18. The van der Waals surface area contributed by atoms with E-state index in [9.17, 15) is 9.59 Å². The van der Waals surface area contributed by atoms with Gasteiger partial charge >= 0.3 is 5.97 Å². The number of nitrogens with one attached hydrogen (secondary N) is 1. The third kappa shape index (κ3) is 4.29. The number of carboxylic acid groups (broad SMARTS) is 1. The van der Waals surface area contributed by atoms with Gasteiger partial charge in [-0.2, -0.15) is 0 Å². The van der Waals surface area contributed by atoms with Gasteiger partial charge in [-0.25, -0.2) is 0 Å². The van der Waals surface area contributed by atoms with Crippen molar-refractivity contribution < 1.29 is 14.7 Å². The Kier molecular flexibility index (Phi) is 4.55. The summed E-state index contributed by atoms with van der Waals surface area (Å²) in [4.78, 5) is 23.6. The van der Waals surface area contributed by atoms with E-state index in [-0.39, 0.29) is 0 Å². The monoisotopic (exact) mass is 214 g/mol. The molecule has 5 nitrogen and oxygen atoms in total. The third-order valence-electron chi connectivity index (χ3n) is 2.67. The van der Waals surface area contributed by atoms with Gasteiger partial charge in [0.1, 0.15) is 6.42 Å². The molecule has 2 N–H and O–H groups in total. The quantitative estimate of drug-likeness (QED) is 0.635. The lowest BCUT2D eigenvalue weighted by Gasteiger charge is -2.23. The van der Waals surface area contributed by atoms with Gasteiger partial charge in [-0.05, 0) is 32.9 Å². The van der Waals surface area contributed by atoms with Gasteiger partial charge in [0.2, 0.25) is 5.91 Å². The Bertz CT molecular complexity index is 237. The number of nitrogens with zero attached hydrogens (tertiary/aromatic N) is 1. The zero-order valence-electron chi connectivity index (χ0n) is 9.03. The Hall–Kier alpha value is -1.10. The predicted octanol–water partition coefficient (Wildman–Crippen LogP) is 0.0616. The molecule has 0 bridgehead atoms. The maximum atomic E-state index is 11.1. The Labute approximate surface area is 89.4 Å². The van der Waals surface area contributed by atoms with Crippen molar-refractivity contribution in [1.29, 1.82) is 0 Å². The minimum atomic E-state index is -1.08. The molecule has 1 atom stereocenters. The van der Waals surface area contributed by atoms with E-state index in [0.717, 1.165) is 13.1 Å². The van der Waals surface area contributed by atoms with Crippen LogP contribution in [-0.4, -0.2) is 47.6 Å². The van der Waals surface area contributed by atoms with Crippen LogP contribution < -0.4 is 5.32 Å². The SMILES string of the molecule is CC(CNC(=O)CC(=O)O)N1CCCC1. The van der Waals surface area contributed by atoms with E-state index < -0.39 is 18.3 Å². The lowest BCUT2D eigenvalue weighted by Crippen LogP contribution is -2.41. The average Bonchev–Trinajstić information content (AvgIpc) is 2.65. The molecule has 1 fully saturated rings. The van der Waals surface area contributed by atoms with E-state index in [2.05, 4.69) is 10.2 Å². The normalized spacial score (nSPS) is 18.7. The van der Waals surface area contributed by atoms with E-state index >= 15 is 0 Å². The first kappa shape index (κ1) is 12.0. The Balaban J connectivity index is 2.18. The molecule has 0 aromatic carbocycles. The summed E-state index contributed by atoms with van der Waals surface area (Å²) in [6.45, 7) is 4.74. The second-order valence-electron chi connectivity index (χ2n) is 3.97. The van der Waals surface area contributed by atoms with Crippen molar-refractivity contribution in [3.8, 4) is 0 Å². The molecule has 15 heavy (non-hydrogen) atoms. The van der Waals surface area contributed by atoms with Crippen molar-refractivity contribution in [1.82, 2.24) is 10.2 Å². The van der Waals surface area contributed by atoms with Gasteiger partial charge in [-0.15, -0.1) is 0 Å². The van der Waals surface area contributed by atoms with Crippen LogP contribution in [-0.2, 0) is 9.59 Å². The van der Waals surface area contributed by atoms with Gasteiger partial charge in [0.25, 0.3) is 0 Å². The first-order valence-corrected chi connectivity index (χ1v) is 5.32. The van der Waals surface area contributed by atoms with Gasteiger partial charge in [-0.3, -0.25) is 14.5 Å².